The zero-order chi connectivity index (χ0) is 41.4. The van der Waals surface area contributed by atoms with Gasteiger partial charge in [0, 0.05) is 0 Å². The van der Waals surface area contributed by atoms with E-state index in [0.717, 1.165) is 10.8 Å². The van der Waals surface area contributed by atoms with E-state index >= 15 is 0 Å². The van der Waals surface area contributed by atoms with Crippen LogP contribution in [0.4, 0.5) is 0 Å². The lowest BCUT2D eigenvalue weighted by atomic mass is 10.0. The van der Waals surface area contributed by atoms with Crippen LogP contribution in [0.3, 0.4) is 0 Å². The van der Waals surface area contributed by atoms with E-state index in [1.54, 1.807) is 0 Å². The highest BCUT2D eigenvalue weighted by Gasteiger charge is 2.44. The molecule has 0 saturated heterocycles. The van der Waals surface area contributed by atoms with Crippen LogP contribution >= 0.6 is 0 Å². The molecule has 0 bridgehead atoms. The van der Waals surface area contributed by atoms with Crippen LogP contribution in [0.5, 0.6) is 34.5 Å². The SMILES string of the molecule is CC(C)c1ccc(OC(Oc2ccccc2)(Oc2ccccc2)c2ccc3ccc(C(Oc4ccccc4)(Oc4ccccc4)Oc4ccc(C(C)C)cc4)cc3c2)cc1. The van der Waals surface area contributed by atoms with Crippen molar-refractivity contribution in [2.24, 2.45) is 0 Å². The summed E-state index contributed by atoms with van der Waals surface area (Å²) < 4.78 is 41.3. The van der Waals surface area contributed by atoms with Crippen LogP contribution in [0.25, 0.3) is 10.8 Å². The maximum atomic E-state index is 6.92. The van der Waals surface area contributed by atoms with Crippen LogP contribution in [0.15, 0.2) is 206 Å². The van der Waals surface area contributed by atoms with Gasteiger partial charge < -0.3 is 28.4 Å². The third-order valence-corrected chi connectivity index (χ3v) is 10.1. The molecule has 8 aromatic carbocycles. The minimum absolute atomic E-state index is 0.354. The van der Waals surface area contributed by atoms with Gasteiger partial charge in [-0.3, -0.25) is 0 Å². The van der Waals surface area contributed by atoms with Crippen molar-refractivity contribution in [3.05, 3.63) is 229 Å². The van der Waals surface area contributed by atoms with Crippen LogP contribution in [-0.4, -0.2) is 0 Å². The third kappa shape index (κ3) is 9.24. The maximum absolute atomic E-state index is 6.92. The van der Waals surface area contributed by atoms with Gasteiger partial charge in [0.15, 0.2) is 0 Å². The van der Waals surface area contributed by atoms with Crippen molar-refractivity contribution in [3.63, 3.8) is 0 Å². The molecule has 0 heterocycles. The van der Waals surface area contributed by atoms with E-state index in [4.69, 9.17) is 28.4 Å². The molecular formula is C54H48O6. The Bertz CT molecular complexity index is 2310. The molecule has 8 rings (SSSR count). The molecule has 0 fully saturated rings. The highest BCUT2D eigenvalue weighted by Crippen LogP contribution is 2.39. The molecule has 0 N–H and O–H groups in total. The quantitative estimate of drug-likeness (QED) is 0.0909. The van der Waals surface area contributed by atoms with Crippen LogP contribution in [0, 0.1) is 0 Å². The summed E-state index contributed by atoms with van der Waals surface area (Å²) in [7, 11) is 0. The summed E-state index contributed by atoms with van der Waals surface area (Å²) in [5, 5.41) is 1.78. The van der Waals surface area contributed by atoms with Gasteiger partial charge in [-0.05, 0) is 131 Å². The Labute approximate surface area is 352 Å². The van der Waals surface area contributed by atoms with Gasteiger partial charge in [-0.1, -0.05) is 137 Å². The van der Waals surface area contributed by atoms with Gasteiger partial charge in [-0.25, -0.2) is 0 Å². The number of fused-ring (bicyclic) bond motifs is 1. The van der Waals surface area contributed by atoms with Crippen molar-refractivity contribution < 1.29 is 28.4 Å². The zero-order valence-corrected chi connectivity index (χ0v) is 34.2. The first-order chi connectivity index (χ1) is 29.3. The van der Waals surface area contributed by atoms with E-state index in [0.29, 0.717) is 57.5 Å². The molecule has 0 unspecified atom stereocenters. The number of rotatable bonds is 16. The summed E-state index contributed by atoms with van der Waals surface area (Å²) in [5.41, 5.74) is 3.60. The van der Waals surface area contributed by atoms with Gasteiger partial charge in [0.2, 0.25) is 0 Å². The lowest BCUT2D eigenvalue weighted by Gasteiger charge is -2.35. The van der Waals surface area contributed by atoms with Gasteiger partial charge in [0.05, 0.1) is 11.1 Å². The predicted octanol–water partition coefficient (Wildman–Crippen LogP) is 13.8. The molecule has 8 aromatic rings. The highest BCUT2D eigenvalue weighted by atomic mass is 16.9. The standard InChI is InChI=1S/C54H48O6/c1-39(2)41-27-33-51(34-28-41)59-53(55-47-17-9-5-10-18-47,56-48-19-11-6-12-20-48)45-31-25-43-26-32-46(38-44(43)37-45)54(57-49-21-13-7-14-22-49,58-50-23-15-8-16-24-50)60-52-35-29-42(30-36-52)40(3)4/h5-40H,1-4H3. The monoisotopic (exact) mass is 792 g/mol. The average molecular weight is 793 g/mol. The van der Waals surface area contributed by atoms with Gasteiger partial charge in [0.1, 0.15) is 34.5 Å². The topological polar surface area (TPSA) is 55.4 Å². The summed E-state index contributed by atoms with van der Waals surface area (Å²) in [6, 6.07) is 66.3. The molecule has 0 amide bonds. The molecule has 0 radical (unpaired) electrons. The maximum Gasteiger partial charge on any atom is 0.447 e. The van der Waals surface area contributed by atoms with Crippen molar-refractivity contribution in [2.45, 2.75) is 51.5 Å². The molecule has 0 spiro atoms. The molecule has 0 aliphatic carbocycles. The smallest absolute Gasteiger partial charge is 0.417 e. The molecule has 0 aromatic heterocycles. The Morgan fingerprint density at radius 2 is 0.550 bits per heavy atom. The number of ether oxygens (including phenoxy) is 6. The molecule has 0 atom stereocenters. The summed E-state index contributed by atoms with van der Waals surface area (Å²) in [4.78, 5) is 0. The molecular weight excluding hydrogens is 745 g/mol. The van der Waals surface area contributed by atoms with Crippen molar-refractivity contribution in [2.75, 3.05) is 0 Å². The minimum Gasteiger partial charge on any atom is -0.417 e. The lowest BCUT2D eigenvalue weighted by Crippen LogP contribution is -2.45. The first-order valence-electron chi connectivity index (χ1n) is 20.3. The Morgan fingerprint density at radius 3 is 0.817 bits per heavy atom. The number of benzene rings is 8. The lowest BCUT2D eigenvalue weighted by molar-refractivity contribution is -0.264. The van der Waals surface area contributed by atoms with Crippen molar-refractivity contribution in [1.82, 2.24) is 0 Å². The summed E-state index contributed by atoms with van der Waals surface area (Å²) in [5.74, 6) is 0.534. The van der Waals surface area contributed by atoms with Crippen LogP contribution in [0.2, 0.25) is 0 Å². The van der Waals surface area contributed by atoms with E-state index in [1.807, 2.05) is 182 Å². The Kier molecular flexibility index (Phi) is 11.7. The minimum atomic E-state index is -1.78. The highest BCUT2D eigenvalue weighted by molar-refractivity contribution is 5.84. The van der Waals surface area contributed by atoms with Crippen LogP contribution in [-0.2, 0) is 11.9 Å². The van der Waals surface area contributed by atoms with Crippen molar-refractivity contribution in [3.8, 4) is 34.5 Å². The summed E-state index contributed by atoms with van der Waals surface area (Å²) >= 11 is 0. The molecule has 300 valence electrons. The molecule has 0 aliphatic rings. The first kappa shape index (κ1) is 39.6. The van der Waals surface area contributed by atoms with E-state index < -0.39 is 11.9 Å². The molecule has 0 aliphatic heterocycles. The summed E-state index contributed by atoms with van der Waals surface area (Å²) in [6.07, 6.45) is 0. The number of para-hydroxylation sites is 4. The molecule has 0 saturated carbocycles. The fourth-order valence-corrected chi connectivity index (χ4v) is 6.83. The first-order valence-corrected chi connectivity index (χ1v) is 20.3. The Balaban J connectivity index is 1.30. The van der Waals surface area contributed by atoms with Crippen molar-refractivity contribution >= 4 is 10.8 Å². The van der Waals surface area contributed by atoms with Crippen molar-refractivity contribution in [1.29, 1.82) is 0 Å². The molecule has 60 heavy (non-hydrogen) atoms. The fraction of sp³-hybridized carbons (Fsp3) is 0.148. The van der Waals surface area contributed by atoms with E-state index in [-0.39, 0.29) is 0 Å². The van der Waals surface area contributed by atoms with Gasteiger partial charge in [-0.2, -0.15) is 0 Å². The number of hydrogen-bond acceptors (Lipinski definition) is 6. The normalized spacial score (nSPS) is 11.6. The predicted molar refractivity (Wildman–Crippen MR) is 238 cm³/mol. The van der Waals surface area contributed by atoms with Gasteiger partial charge in [-0.15, -0.1) is 0 Å². The third-order valence-electron chi connectivity index (χ3n) is 10.1. The van der Waals surface area contributed by atoms with Gasteiger partial charge in [0.25, 0.3) is 0 Å². The fourth-order valence-electron chi connectivity index (χ4n) is 6.83. The average Bonchev–Trinajstić information content (AvgIpc) is 3.27. The van der Waals surface area contributed by atoms with Crippen LogP contribution < -0.4 is 28.4 Å². The van der Waals surface area contributed by atoms with E-state index in [1.165, 1.54) is 11.1 Å². The Hall–Kier alpha value is -7.18. The Morgan fingerprint density at radius 1 is 0.283 bits per heavy atom. The second-order valence-corrected chi connectivity index (χ2v) is 15.2. The van der Waals surface area contributed by atoms with E-state index in [9.17, 15) is 0 Å². The molecule has 6 nitrogen and oxygen atoms in total. The van der Waals surface area contributed by atoms with Crippen LogP contribution in [0.1, 0.15) is 61.8 Å². The summed E-state index contributed by atoms with van der Waals surface area (Å²) in [6.45, 7) is 8.66. The van der Waals surface area contributed by atoms with Gasteiger partial charge >= 0.3 is 11.9 Å². The number of hydrogen-bond donors (Lipinski definition) is 0. The van der Waals surface area contributed by atoms with E-state index in [2.05, 4.69) is 52.0 Å². The second-order valence-electron chi connectivity index (χ2n) is 15.2. The zero-order valence-electron chi connectivity index (χ0n) is 34.2. The molecule has 6 heteroatoms. The largest absolute Gasteiger partial charge is 0.447 e. The second kappa shape index (κ2) is 17.8.